The molecule has 2 N–H and O–H groups in total. The van der Waals surface area contributed by atoms with E-state index in [9.17, 15) is 14.7 Å². The molecule has 4 unspecified atom stereocenters. The number of aromatic hydroxyl groups is 1. The van der Waals surface area contributed by atoms with Gasteiger partial charge in [0.2, 0.25) is 5.91 Å². The van der Waals surface area contributed by atoms with Crippen molar-refractivity contribution in [2.45, 2.75) is 51.4 Å². The highest BCUT2D eigenvalue weighted by Gasteiger charge is 2.58. The molecule has 0 saturated heterocycles. The van der Waals surface area contributed by atoms with Crippen LogP contribution in [0.25, 0.3) is 0 Å². The lowest BCUT2D eigenvalue weighted by molar-refractivity contribution is -0.133. The number of phenols is 1. The number of aromatic nitrogens is 1. The van der Waals surface area contributed by atoms with E-state index < -0.39 is 0 Å². The predicted molar refractivity (Wildman–Crippen MR) is 112 cm³/mol. The molecule has 3 aliphatic carbocycles. The lowest BCUT2D eigenvalue weighted by atomic mass is 9.55. The molecule has 0 aliphatic heterocycles. The number of rotatable bonds is 3. The molecule has 1 aromatic carbocycles. The van der Waals surface area contributed by atoms with Gasteiger partial charge in [-0.05, 0) is 73.1 Å². The highest BCUT2D eigenvalue weighted by atomic mass is 32.1. The van der Waals surface area contributed by atoms with Crippen molar-refractivity contribution < 1.29 is 14.7 Å². The number of hydrogen-bond acceptors (Lipinski definition) is 5. The third-order valence-corrected chi connectivity index (χ3v) is 8.37. The molecule has 1 heterocycles. The quantitative estimate of drug-likeness (QED) is 0.779. The minimum Gasteiger partial charge on any atom is -0.508 e. The Hall–Kier alpha value is -2.21. The normalized spacial score (nSPS) is 32.9. The molecule has 0 radical (unpaired) electrons. The number of phenolic OH excluding ortho intramolecular Hbond substituents is 1. The van der Waals surface area contributed by atoms with Crippen LogP contribution >= 0.6 is 11.3 Å². The number of amides is 1. The van der Waals surface area contributed by atoms with Crippen LogP contribution in [0.2, 0.25) is 0 Å². The molecular weight excluding hydrogens is 384 g/mol. The molecule has 1 aromatic heterocycles. The van der Waals surface area contributed by atoms with Crippen molar-refractivity contribution in [2.24, 2.45) is 23.2 Å². The number of anilines is 1. The average Bonchev–Trinajstić information content (AvgIpc) is 3.29. The highest BCUT2D eigenvalue weighted by molar-refractivity contribution is 7.13. The molecule has 5 nitrogen and oxygen atoms in total. The molecule has 2 saturated carbocycles. The Balaban J connectivity index is 1.35. The molecule has 6 heteroatoms. The van der Waals surface area contributed by atoms with Crippen LogP contribution < -0.4 is 5.32 Å². The zero-order valence-corrected chi connectivity index (χ0v) is 17.4. The van der Waals surface area contributed by atoms with Crippen molar-refractivity contribution in [3.63, 3.8) is 0 Å². The first-order valence-electron chi connectivity index (χ1n) is 10.5. The number of fused-ring (bicyclic) bond motifs is 5. The molecule has 3 aliphatic rings. The monoisotopic (exact) mass is 410 g/mol. The first-order valence-corrected chi connectivity index (χ1v) is 11.4. The summed E-state index contributed by atoms with van der Waals surface area (Å²) in [5, 5.41) is 15.1. The van der Waals surface area contributed by atoms with Gasteiger partial charge in [0.1, 0.15) is 11.5 Å². The topological polar surface area (TPSA) is 79.3 Å². The van der Waals surface area contributed by atoms with E-state index in [1.54, 1.807) is 12.3 Å². The second-order valence-corrected chi connectivity index (χ2v) is 10.0. The van der Waals surface area contributed by atoms with Crippen LogP contribution in [0, 0.1) is 23.2 Å². The van der Waals surface area contributed by atoms with Crippen molar-refractivity contribution in [1.29, 1.82) is 0 Å². The number of nitrogens with one attached hydrogen (secondary N) is 1. The number of ketones is 1. The van der Waals surface area contributed by atoms with Gasteiger partial charge in [0.25, 0.3) is 0 Å². The smallest absolute Gasteiger partial charge is 0.226 e. The summed E-state index contributed by atoms with van der Waals surface area (Å²) in [5.74, 6) is 1.62. The van der Waals surface area contributed by atoms with E-state index in [1.165, 1.54) is 22.5 Å². The number of Topliss-reactive ketones (excluding diaryl/α,β-unsaturated/α-hetero) is 1. The molecule has 152 valence electrons. The molecule has 0 bridgehead atoms. The zero-order chi connectivity index (χ0) is 20.2. The zero-order valence-electron chi connectivity index (χ0n) is 16.6. The van der Waals surface area contributed by atoms with E-state index in [0.29, 0.717) is 28.6 Å². The molecule has 5 atom stereocenters. The van der Waals surface area contributed by atoms with Gasteiger partial charge in [-0.25, -0.2) is 4.98 Å². The van der Waals surface area contributed by atoms with Gasteiger partial charge in [-0.2, -0.15) is 0 Å². The summed E-state index contributed by atoms with van der Waals surface area (Å²) in [7, 11) is 0. The van der Waals surface area contributed by atoms with E-state index in [-0.39, 0.29) is 29.4 Å². The van der Waals surface area contributed by atoms with Gasteiger partial charge in [0.05, 0.1) is 0 Å². The molecule has 0 spiro atoms. The molecular formula is C23H26N2O3S. The van der Waals surface area contributed by atoms with E-state index in [4.69, 9.17) is 0 Å². The van der Waals surface area contributed by atoms with Gasteiger partial charge in [-0.1, -0.05) is 13.0 Å². The van der Waals surface area contributed by atoms with Crippen molar-refractivity contribution in [1.82, 2.24) is 4.98 Å². The van der Waals surface area contributed by atoms with E-state index in [0.717, 1.165) is 32.1 Å². The summed E-state index contributed by atoms with van der Waals surface area (Å²) in [4.78, 5) is 29.9. The third kappa shape index (κ3) is 3.08. The van der Waals surface area contributed by atoms with Gasteiger partial charge in [0.15, 0.2) is 5.13 Å². The number of carbonyl (C=O) groups is 2. The SMILES string of the molecule is C[C@]12CCC3c4ccc(O)cc4CCC3C1CC(CC(=O)Nc1nccs1)C2=O. The molecule has 5 rings (SSSR count). The first-order chi connectivity index (χ1) is 14.0. The lowest BCUT2D eigenvalue weighted by Crippen LogP contribution is -2.42. The average molecular weight is 411 g/mol. The van der Waals surface area contributed by atoms with E-state index in [2.05, 4.69) is 23.3 Å². The Morgan fingerprint density at radius 3 is 3.03 bits per heavy atom. The number of aryl methyl sites for hydroxylation is 1. The van der Waals surface area contributed by atoms with Crippen LogP contribution in [0.5, 0.6) is 5.75 Å². The summed E-state index contributed by atoms with van der Waals surface area (Å²) in [6.07, 6.45) is 6.66. The summed E-state index contributed by atoms with van der Waals surface area (Å²) in [6.45, 7) is 2.14. The van der Waals surface area contributed by atoms with Crippen LogP contribution in [0.3, 0.4) is 0 Å². The number of hydrogen-bond donors (Lipinski definition) is 2. The molecule has 2 fully saturated rings. The Morgan fingerprint density at radius 1 is 1.38 bits per heavy atom. The summed E-state index contributed by atoms with van der Waals surface area (Å²) < 4.78 is 0. The first kappa shape index (κ1) is 18.8. The second-order valence-electron chi connectivity index (χ2n) is 9.14. The van der Waals surface area contributed by atoms with Gasteiger partial charge < -0.3 is 10.4 Å². The largest absolute Gasteiger partial charge is 0.508 e. The standard InChI is InChI=1S/C23H26N2O3S/c1-23-7-6-17-16-5-3-15(26)10-13(16)2-4-18(17)19(23)11-14(21(23)28)12-20(27)25-22-24-8-9-29-22/h3,5,8-10,14,17-19,26H,2,4,6-7,11-12H2,1H3,(H,24,25,27)/t14?,17?,18?,19?,23-/m0/s1. The van der Waals surface area contributed by atoms with Crippen LogP contribution in [-0.2, 0) is 16.0 Å². The van der Waals surface area contributed by atoms with Gasteiger partial charge in [0, 0.05) is 29.3 Å². The van der Waals surface area contributed by atoms with Gasteiger partial charge in [-0.3, -0.25) is 9.59 Å². The second kappa shape index (κ2) is 6.94. The summed E-state index contributed by atoms with van der Waals surface area (Å²) in [5.41, 5.74) is 2.32. The maximum Gasteiger partial charge on any atom is 0.226 e. The Kier molecular flexibility index (Phi) is 4.50. The van der Waals surface area contributed by atoms with Crippen LogP contribution in [0.15, 0.2) is 29.8 Å². The van der Waals surface area contributed by atoms with Crippen molar-refractivity contribution >= 4 is 28.2 Å². The van der Waals surface area contributed by atoms with Crippen LogP contribution in [-0.4, -0.2) is 21.8 Å². The lowest BCUT2D eigenvalue weighted by Gasteiger charge is -2.48. The number of nitrogens with zero attached hydrogens (tertiary/aromatic N) is 1. The summed E-state index contributed by atoms with van der Waals surface area (Å²) in [6, 6.07) is 5.78. The maximum absolute atomic E-state index is 13.3. The highest BCUT2D eigenvalue weighted by Crippen LogP contribution is 2.61. The maximum atomic E-state index is 13.3. The fraction of sp³-hybridized carbons (Fsp3) is 0.522. The van der Waals surface area contributed by atoms with Gasteiger partial charge >= 0.3 is 0 Å². The van der Waals surface area contributed by atoms with Crippen LogP contribution in [0.4, 0.5) is 5.13 Å². The van der Waals surface area contributed by atoms with Crippen molar-refractivity contribution in [2.75, 3.05) is 5.32 Å². The Bertz CT molecular complexity index is 957. The fourth-order valence-electron chi connectivity index (χ4n) is 6.36. The summed E-state index contributed by atoms with van der Waals surface area (Å²) >= 11 is 1.39. The van der Waals surface area contributed by atoms with E-state index in [1.807, 2.05) is 11.4 Å². The molecule has 1 amide bonds. The molecule has 29 heavy (non-hydrogen) atoms. The minimum absolute atomic E-state index is 0.110. The predicted octanol–water partition coefficient (Wildman–Crippen LogP) is 4.53. The minimum atomic E-state index is -0.304. The Morgan fingerprint density at radius 2 is 2.24 bits per heavy atom. The van der Waals surface area contributed by atoms with Crippen molar-refractivity contribution in [3.05, 3.63) is 40.9 Å². The fourth-order valence-corrected chi connectivity index (χ4v) is 6.91. The molecule has 2 aromatic rings. The third-order valence-electron chi connectivity index (χ3n) is 7.68. The number of carbonyl (C=O) groups excluding carboxylic acids is 2. The number of thiazole rings is 1. The van der Waals surface area contributed by atoms with Crippen molar-refractivity contribution in [3.8, 4) is 5.75 Å². The van der Waals surface area contributed by atoms with E-state index >= 15 is 0 Å². The number of benzene rings is 1. The van der Waals surface area contributed by atoms with Gasteiger partial charge in [-0.15, -0.1) is 11.3 Å². The van der Waals surface area contributed by atoms with Crippen LogP contribution in [0.1, 0.15) is 56.1 Å². The Labute approximate surface area is 174 Å².